The molecule has 3 rings (SSSR count). The van der Waals surface area contributed by atoms with Crippen molar-refractivity contribution < 1.29 is 42.3 Å². The Morgan fingerprint density at radius 2 is 1.68 bits per heavy atom. The van der Waals surface area contributed by atoms with Crippen molar-refractivity contribution in [2.75, 3.05) is 13.7 Å². The maximum atomic E-state index is 14.0. The molecule has 3 unspecified atom stereocenters. The molecule has 0 aliphatic carbocycles. The summed E-state index contributed by atoms with van der Waals surface area (Å²) < 4.78 is 29.5. The second kappa shape index (κ2) is 12.5. The highest BCUT2D eigenvalue weighted by atomic mass is 31.2. The molecule has 1 saturated heterocycles. The Morgan fingerprint density at radius 3 is 2.19 bits per heavy atom. The zero-order chi connectivity index (χ0) is 27.1. The van der Waals surface area contributed by atoms with Gasteiger partial charge < -0.3 is 19.7 Å². The van der Waals surface area contributed by atoms with Gasteiger partial charge in [0.15, 0.2) is 6.10 Å². The number of benzene rings is 2. The number of nitrogens with one attached hydrogen (secondary N) is 1. The monoisotopic (exact) mass is 533 g/mol. The molecular formula is C26H34N2O8P+. The number of likely N-dealkylation sites (tertiary alicyclic amines) is 1. The molecule has 0 radical (unpaired) electrons. The molecule has 37 heavy (non-hydrogen) atoms. The molecule has 2 N–H and O–H groups in total. The number of carbonyl (C=O) groups is 3. The number of amides is 3. The number of hydrogen-bond donors (Lipinski definition) is 2. The molecule has 0 spiro atoms. The lowest BCUT2D eigenvalue weighted by Gasteiger charge is -2.33. The zero-order valence-electron chi connectivity index (χ0n) is 21.2. The molecule has 1 heterocycles. The smallest absolute Gasteiger partial charge is 0.445 e. The van der Waals surface area contributed by atoms with Crippen LogP contribution in [0.4, 0.5) is 9.59 Å². The SMILES string of the molecule is COP(=O)(OC(C)C(=O)[N+]1(C(=O)O)CCC[C@H]1C)[C@@H](Cc1ccccc1)NC(=O)OCc1ccccc1. The minimum absolute atomic E-state index is 0.00569. The van der Waals surface area contributed by atoms with Crippen LogP contribution in [0.15, 0.2) is 60.7 Å². The van der Waals surface area contributed by atoms with Gasteiger partial charge >= 0.3 is 25.7 Å². The summed E-state index contributed by atoms with van der Waals surface area (Å²) >= 11 is 0. The van der Waals surface area contributed by atoms with E-state index in [0.29, 0.717) is 12.8 Å². The Morgan fingerprint density at radius 1 is 1.08 bits per heavy atom. The Kier molecular flexibility index (Phi) is 9.62. The van der Waals surface area contributed by atoms with E-state index in [0.717, 1.165) is 18.2 Å². The third kappa shape index (κ3) is 6.64. The highest BCUT2D eigenvalue weighted by Gasteiger charge is 2.56. The first-order valence-electron chi connectivity index (χ1n) is 12.1. The van der Waals surface area contributed by atoms with Gasteiger partial charge in [0, 0.05) is 26.4 Å². The average molecular weight is 534 g/mol. The van der Waals surface area contributed by atoms with Gasteiger partial charge in [0.05, 0.1) is 6.54 Å². The van der Waals surface area contributed by atoms with E-state index in [-0.39, 0.29) is 19.6 Å². The molecule has 1 aliphatic heterocycles. The van der Waals surface area contributed by atoms with Gasteiger partial charge in [-0.15, -0.1) is 0 Å². The van der Waals surface area contributed by atoms with Gasteiger partial charge in [-0.05, 0) is 25.0 Å². The van der Waals surface area contributed by atoms with Gasteiger partial charge in [0.2, 0.25) is 0 Å². The number of hydrogen-bond acceptors (Lipinski definition) is 7. The van der Waals surface area contributed by atoms with E-state index in [1.807, 2.05) is 24.3 Å². The topological polar surface area (TPSA) is 128 Å². The van der Waals surface area contributed by atoms with Crippen molar-refractivity contribution in [2.24, 2.45) is 0 Å². The van der Waals surface area contributed by atoms with Gasteiger partial charge in [-0.2, -0.15) is 9.28 Å². The Bertz CT molecular complexity index is 1130. The van der Waals surface area contributed by atoms with Crippen LogP contribution in [0, 0.1) is 0 Å². The van der Waals surface area contributed by atoms with Crippen LogP contribution in [0.1, 0.15) is 37.8 Å². The Hall–Kier alpha value is -3.04. The van der Waals surface area contributed by atoms with Crippen LogP contribution in [-0.2, 0) is 36.2 Å². The van der Waals surface area contributed by atoms with E-state index in [1.165, 1.54) is 6.92 Å². The first-order valence-corrected chi connectivity index (χ1v) is 13.7. The van der Waals surface area contributed by atoms with Gasteiger partial charge in [-0.25, -0.2) is 9.59 Å². The zero-order valence-corrected chi connectivity index (χ0v) is 22.1. The third-order valence-electron chi connectivity index (χ3n) is 6.68. The molecule has 0 saturated carbocycles. The summed E-state index contributed by atoms with van der Waals surface area (Å²) in [5, 5.41) is 12.5. The van der Waals surface area contributed by atoms with E-state index >= 15 is 0 Å². The van der Waals surface area contributed by atoms with Crippen molar-refractivity contribution in [1.29, 1.82) is 0 Å². The Balaban J connectivity index is 1.81. The van der Waals surface area contributed by atoms with Crippen molar-refractivity contribution in [1.82, 2.24) is 5.32 Å². The van der Waals surface area contributed by atoms with Crippen LogP contribution in [0.2, 0.25) is 0 Å². The van der Waals surface area contributed by atoms with Crippen LogP contribution < -0.4 is 5.32 Å². The highest BCUT2D eigenvalue weighted by Crippen LogP contribution is 2.54. The summed E-state index contributed by atoms with van der Waals surface area (Å²) in [7, 11) is -3.03. The predicted molar refractivity (Wildman–Crippen MR) is 136 cm³/mol. The fourth-order valence-corrected chi connectivity index (χ4v) is 6.31. The lowest BCUT2D eigenvalue weighted by Crippen LogP contribution is -2.61. The lowest BCUT2D eigenvalue weighted by molar-refractivity contribution is -0.793. The molecule has 11 heteroatoms. The summed E-state index contributed by atoms with van der Waals surface area (Å²) in [5.74, 6) is -1.92. The molecular weight excluding hydrogens is 499 g/mol. The van der Waals surface area contributed by atoms with Gasteiger partial charge in [0.25, 0.3) is 0 Å². The molecule has 200 valence electrons. The van der Waals surface area contributed by atoms with Gasteiger partial charge in [0.1, 0.15) is 18.4 Å². The van der Waals surface area contributed by atoms with Crippen LogP contribution >= 0.6 is 7.60 Å². The van der Waals surface area contributed by atoms with Crippen molar-refractivity contribution in [3.63, 3.8) is 0 Å². The molecule has 5 atom stereocenters. The molecule has 1 fully saturated rings. The summed E-state index contributed by atoms with van der Waals surface area (Å²) in [6, 6.07) is 17.6. The lowest BCUT2D eigenvalue weighted by atomic mass is 10.1. The summed E-state index contributed by atoms with van der Waals surface area (Å²) in [6.45, 7) is 3.17. The second-order valence-electron chi connectivity index (χ2n) is 9.09. The number of ether oxygens (including phenoxy) is 1. The molecule has 1 aliphatic rings. The summed E-state index contributed by atoms with van der Waals surface area (Å²) in [6.07, 6.45) is -2.30. The normalized spacial score (nSPS) is 22.4. The van der Waals surface area contributed by atoms with E-state index in [4.69, 9.17) is 13.8 Å². The van der Waals surface area contributed by atoms with E-state index in [2.05, 4.69) is 5.32 Å². The molecule has 0 bridgehead atoms. The van der Waals surface area contributed by atoms with E-state index in [9.17, 15) is 24.1 Å². The Labute approximate surface area is 216 Å². The highest BCUT2D eigenvalue weighted by molar-refractivity contribution is 7.54. The third-order valence-corrected chi connectivity index (χ3v) is 8.87. The fraction of sp³-hybridized carbons (Fsp3) is 0.423. The van der Waals surface area contributed by atoms with Crippen LogP contribution in [-0.4, -0.2) is 59.3 Å². The number of quaternary nitrogens is 1. The average Bonchev–Trinajstić information content (AvgIpc) is 3.30. The number of carbonyl (C=O) groups excluding carboxylic acids is 2. The summed E-state index contributed by atoms with van der Waals surface area (Å²) in [5.41, 5.74) is 1.50. The largest absolute Gasteiger partial charge is 0.521 e. The van der Waals surface area contributed by atoms with Crippen LogP contribution in [0.3, 0.4) is 0 Å². The number of imide groups is 1. The number of nitrogens with zero attached hydrogens (tertiary/aromatic N) is 1. The predicted octanol–water partition coefficient (Wildman–Crippen LogP) is 4.93. The van der Waals surface area contributed by atoms with Crippen LogP contribution in [0.25, 0.3) is 0 Å². The fourth-order valence-electron chi connectivity index (χ4n) is 4.60. The number of alkyl carbamates (subject to hydrolysis) is 1. The summed E-state index contributed by atoms with van der Waals surface area (Å²) in [4.78, 5) is 38.2. The van der Waals surface area contributed by atoms with Crippen molar-refractivity contribution in [2.45, 2.75) is 57.6 Å². The minimum atomic E-state index is -4.19. The quantitative estimate of drug-likeness (QED) is 0.325. The molecule has 2 aromatic rings. The van der Waals surface area contributed by atoms with E-state index in [1.54, 1.807) is 43.3 Å². The number of rotatable bonds is 10. The molecule has 0 aromatic heterocycles. The van der Waals surface area contributed by atoms with Crippen molar-refractivity contribution in [3.05, 3.63) is 71.8 Å². The molecule has 2 aromatic carbocycles. The standard InChI is InChI=1S/C26H33N2O8P/c1-19-11-10-16-28(19,26(31)32)24(29)20(2)36-37(33,34-3)23(17-21-12-6-4-7-13-21)27-25(30)35-18-22-14-8-5-9-15-22/h4-9,12-15,19-20,23H,10-11,16-18H2,1-3H3,(H-,27,30,31,32)/p+1/t19-,20?,23+,28?,37?/m1/s1. The first kappa shape index (κ1) is 28.5. The van der Waals surface area contributed by atoms with E-state index < -0.39 is 48.1 Å². The maximum Gasteiger partial charge on any atom is 0.521 e. The van der Waals surface area contributed by atoms with Gasteiger partial charge in [-0.3, -0.25) is 9.09 Å². The van der Waals surface area contributed by atoms with Gasteiger partial charge in [-0.1, -0.05) is 60.7 Å². The second-order valence-corrected chi connectivity index (χ2v) is 11.4. The van der Waals surface area contributed by atoms with Crippen molar-refractivity contribution in [3.8, 4) is 0 Å². The molecule has 3 amide bonds. The number of carboxylic acid groups (broad SMARTS) is 1. The maximum absolute atomic E-state index is 14.0. The van der Waals surface area contributed by atoms with Crippen molar-refractivity contribution >= 4 is 25.7 Å². The van der Waals surface area contributed by atoms with Crippen LogP contribution in [0.5, 0.6) is 0 Å². The minimum Gasteiger partial charge on any atom is -0.445 e. The first-order chi connectivity index (χ1) is 17.6. The molecule has 10 nitrogen and oxygen atoms in total.